The molecule has 1 aliphatic heterocycles. The van der Waals surface area contributed by atoms with Crippen molar-refractivity contribution < 1.29 is 9.59 Å². The smallest absolute Gasteiger partial charge is 0.221 e. The van der Waals surface area contributed by atoms with Gasteiger partial charge in [-0.1, -0.05) is 6.42 Å². The van der Waals surface area contributed by atoms with Gasteiger partial charge in [-0.05, 0) is 39.7 Å². The van der Waals surface area contributed by atoms with Crippen molar-refractivity contribution in [1.29, 1.82) is 0 Å². The average Bonchev–Trinajstić information content (AvgIpc) is 2.36. The lowest BCUT2D eigenvalue weighted by Crippen LogP contribution is -2.36. The molecule has 0 radical (unpaired) electrons. The Hall–Kier alpha value is -1.10. The van der Waals surface area contributed by atoms with E-state index in [-0.39, 0.29) is 17.9 Å². The standard InChI is InChI=1S/C14H27N3O2/c1-11(2)17-14(19)8-10-16-13(18)7-6-12-5-3-4-9-15-12/h11-12,15H,3-10H2,1-2H3,(H,16,18)(H,17,19). The molecular formula is C14H27N3O2. The molecule has 1 heterocycles. The molecule has 1 rings (SSSR count). The highest BCUT2D eigenvalue weighted by atomic mass is 16.2. The maximum absolute atomic E-state index is 11.6. The fourth-order valence-corrected chi connectivity index (χ4v) is 2.27. The summed E-state index contributed by atoms with van der Waals surface area (Å²) in [6, 6.07) is 0.643. The second kappa shape index (κ2) is 8.91. The number of rotatable bonds is 7. The van der Waals surface area contributed by atoms with Gasteiger partial charge in [-0.25, -0.2) is 0 Å². The zero-order valence-corrected chi connectivity index (χ0v) is 12.1. The van der Waals surface area contributed by atoms with Crippen LogP contribution in [0.2, 0.25) is 0 Å². The molecule has 1 fully saturated rings. The first-order valence-corrected chi connectivity index (χ1v) is 7.37. The van der Waals surface area contributed by atoms with Gasteiger partial charge in [-0.3, -0.25) is 9.59 Å². The van der Waals surface area contributed by atoms with Gasteiger partial charge in [0.25, 0.3) is 0 Å². The Morgan fingerprint density at radius 1 is 1.21 bits per heavy atom. The molecule has 0 spiro atoms. The minimum absolute atomic E-state index is 0.00996. The lowest BCUT2D eigenvalue weighted by molar-refractivity contribution is -0.122. The number of amides is 2. The van der Waals surface area contributed by atoms with Gasteiger partial charge in [0, 0.05) is 31.5 Å². The predicted molar refractivity (Wildman–Crippen MR) is 75.8 cm³/mol. The van der Waals surface area contributed by atoms with E-state index in [4.69, 9.17) is 0 Å². The van der Waals surface area contributed by atoms with Gasteiger partial charge in [-0.2, -0.15) is 0 Å². The lowest BCUT2D eigenvalue weighted by atomic mass is 10.0. The van der Waals surface area contributed by atoms with Crippen LogP contribution in [0.5, 0.6) is 0 Å². The zero-order chi connectivity index (χ0) is 14.1. The molecule has 0 aromatic rings. The first-order valence-electron chi connectivity index (χ1n) is 7.37. The Balaban J connectivity index is 2.02. The number of hydrogen-bond donors (Lipinski definition) is 3. The van der Waals surface area contributed by atoms with E-state index in [1.54, 1.807) is 0 Å². The highest BCUT2D eigenvalue weighted by Gasteiger charge is 2.13. The Morgan fingerprint density at radius 2 is 2.00 bits per heavy atom. The van der Waals surface area contributed by atoms with Gasteiger partial charge >= 0.3 is 0 Å². The Kier molecular flexibility index (Phi) is 7.48. The summed E-state index contributed by atoms with van der Waals surface area (Å²) in [6.45, 7) is 5.35. The first kappa shape index (κ1) is 16.0. The fourth-order valence-electron chi connectivity index (χ4n) is 2.27. The van der Waals surface area contributed by atoms with E-state index in [2.05, 4.69) is 16.0 Å². The third-order valence-corrected chi connectivity index (χ3v) is 3.26. The number of hydrogen-bond acceptors (Lipinski definition) is 3. The molecule has 0 aromatic carbocycles. The normalized spacial score (nSPS) is 19.2. The molecule has 5 nitrogen and oxygen atoms in total. The van der Waals surface area contributed by atoms with Crippen LogP contribution in [0.25, 0.3) is 0 Å². The van der Waals surface area contributed by atoms with Gasteiger partial charge in [0.15, 0.2) is 0 Å². The maximum Gasteiger partial charge on any atom is 0.221 e. The SMILES string of the molecule is CC(C)NC(=O)CCNC(=O)CCC1CCCCN1. The molecule has 1 atom stereocenters. The molecule has 3 N–H and O–H groups in total. The summed E-state index contributed by atoms with van der Waals surface area (Å²) >= 11 is 0. The van der Waals surface area contributed by atoms with Crippen LogP contribution in [0.1, 0.15) is 52.4 Å². The minimum atomic E-state index is -0.00996. The summed E-state index contributed by atoms with van der Waals surface area (Å²) in [6.07, 6.45) is 5.46. The predicted octanol–water partition coefficient (Wildman–Crippen LogP) is 0.940. The maximum atomic E-state index is 11.6. The Labute approximate surface area is 115 Å². The van der Waals surface area contributed by atoms with E-state index < -0.39 is 0 Å². The van der Waals surface area contributed by atoms with Crippen LogP contribution < -0.4 is 16.0 Å². The van der Waals surface area contributed by atoms with Crippen LogP contribution in [0.15, 0.2) is 0 Å². The zero-order valence-electron chi connectivity index (χ0n) is 12.1. The van der Waals surface area contributed by atoms with Gasteiger partial charge in [0.05, 0.1) is 0 Å². The lowest BCUT2D eigenvalue weighted by Gasteiger charge is -2.23. The number of carbonyl (C=O) groups excluding carboxylic acids is 2. The van der Waals surface area contributed by atoms with Crippen LogP contribution in [0.3, 0.4) is 0 Å². The van der Waals surface area contributed by atoms with Crippen molar-refractivity contribution >= 4 is 11.8 Å². The Bertz CT molecular complexity index is 286. The van der Waals surface area contributed by atoms with E-state index >= 15 is 0 Å². The monoisotopic (exact) mass is 269 g/mol. The van der Waals surface area contributed by atoms with Crippen LogP contribution in [-0.4, -0.2) is 37.0 Å². The number of piperidine rings is 1. The van der Waals surface area contributed by atoms with Crippen LogP contribution in [0.4, 0.5) is 0 Å². The molecule has 110 valence electrons. The van der Waals surface area contributed by atoms with Crippen molar-refractivity contribution in [3.05, 3.63) is 0 Å². The quantitative estimate of drug-likeness (QED) is 0.644. The Morgan fingerprint density at radius 3 is 2.63 bits per heavy atom. The molecule has 5 heteroatoms. The summed E-state index contributed by atoms with van der Waals surface area (Å²) in [4.78, 5) is 23.0. The largest absolute Gasteiger partial charge is 0.356 e. The molecule has 0 saturated carbocycles. The molecule has 19 heavy (non-hydrogen) atoms. The van der Waals surface area contributed by atoms with E-state index in [0.29, 0.717) is 25.4 Å². The van der Waals surface area contributed by atoms with Crippen LogP contribution in [0, 0.1) is 0 Å². The van der Waals surface area contributed by atoms with E-state index in [1.807, 2.05) is 13.8 Å². The number of nitrogens with one attached hydrogen (secondary N) is 3. The van der Waals surface area contributed by atoms with Crippen molar-refractivity contribution in [3.8, 4) is 0 Å². The van der Waals surface area contributed by atoms with Gasteiger partial charge in [0.2, 0.25) is 11.8 Å². The average molecular weight is 269 g/mol. The topological polar surface area (TPSA) is 70.2 Å². The fraction of sp³-hybridized carbons (Fsp3) is 0.857. The summed E-state index contributed by atoms with van der Waals surface area (Å²) in [5, 5.41) is 9.03. The molecule has 0 bridgehead atoms. The van der Waals surface area contributed by atoms with Gasteiger partial charge in [0.1, 0.15) is 0 Å². The first-order chi connectivity index (χ1) is 9.08. The van der Waals surface area contributed by atoms with E-state index in [9.17, 15) is 9.59 Å². The third kappa shape index (κ3) is 7.82. The summed E-state index contributed by atoms with van der Waals surface area (Å²) in [7, 11) is 0. The van der Waals surface area contributed by atoms with Crippen molar-refractivity contribution in [3.63, 3.8) is 0 Å². The van der Waals surface area contributed by atoms with Crippen molar-refractivity contribution in [1.82, 2.24) is 16.0 Å². The third-order valence-electron chi connectivity index (χ3n) is 3.26. The van der Waals surface area contributed by atoms with Crippen molar-refractivity contribution in [2.75, 3.05) is 13.1 Å². The molecule has 1 unspecified atom stereocenters. The summed E-state index contributed by atoms with van der Waals surface area (Å²) in [5.41, 5.74) is 0. The minimum Gasteiger partial charge on any atom is -0.356 e. The second-order valence-corrected chi connectivity index (χ2v) is 5.51. The highest BCUT2D eigenvalue weighted by molar-refractivity contribution is 5.79. The molecule has 0 aliphatic carbocycles. The summed E-state index contributed by atoms with van der Waals surface area (Å²) in [5.74, 6) is 0.0361. The van der Waals surface area contributed by atoms with E-state index in [0.717, 1.165) is 13.0 Å². The van der Waals surface area contributed by atoms with Crippen molar-refractivity contribution in [2.45, 2.75) is 64.5 Å². The van der Waals surface area contributed by atoms with Gasteiger partial charge in [-0.15, -0.1) is 0 Å². The van der Waals surface area contributed by atoms with E-state index in [1.165, 1.54) is 19.3 Å². The highest BCUT2D eigenvalue weighted by Crippen LogP contribution is 2.11. The molecule has 1 saturated heterocycles. The second-order valence-electron chi connectivity index (χ2n) is 5.51. The molecule has 0 aromatic heterocycles. The van der Waals surface area contributed by atoms with Crippen molar-refractivity contribution in [2.24, 2.45) is 0 Å². The van der Waals surface area contributed by atoms with Crippen LogP contribution >= 0.6 is 0 Å². The van der Waals surface area contributed by atoms with Crippen LogP contribution in [-0.2, 0) is 9.59 Å². The molecule has 2 amide bonds. The van der Waals surface area contributed by atoms with Gasteiger partial charge < -0.3 is 16.0 Å². The summed E-state index contributed by atoms with van der Waals surface area (Å²) < 4.78 is 0. The molecule has 1 aliphatic rings. The molecular weight excluding hydrogens is 242 g/mol. The number of carbonyl (C=O) groups is 2.